The highest BCUT2D eigenvalue weighted by molar-refractivity contribution is 9.10. The van der Waals surface area contributed by atoms with Gasteiger partial charge in [0, 0.05) is 9.37 Å². The first-order chi connectivity index (χ1) is 6.22. The van der Waals surface area contributed by atoms with Crippen molar-refractivity contribution in [1.29, 1.82) is 0 Å². The normalized spacial score (nSPS) is 9.69. The summed E-state index contributed by atoms with van der Waals surface area (Å²) in [5, 5.41) is 0. The lowest BCUT2D eigenvalue weighted by molar-refractivity contribution is -0.118. The summed E-state index contributed by atoms with van der Waals surface area (Å²) in [7, 11) is 0. The molecule has 0 spiro atoms. The van der Waals surface area contributed by atoms with Gasteiger partial charge in [0.25, 0.3) is 0 Å². The molecule has 0 aliphatic carbocycles. The van der Waals surface area contributed by atoms with Crippen molar-refractivity contribution in [2.75, 3.05) is 5.75 Å². The van der Waals surface area contributed by atoms with Crippen LogP contribution in [0.25, 0.3) is 0 Å². The van der Waals surface area contributed by atoms with Gasteiger partial charge in [0.1, 0.15) is 0 Å². The van der Waals surface area contributed by atoms with Gasteiger partial charge in [-0.2, -0.15) is 0 Å². The Morgan fingerprint density at radius 1 is 1.46 bits per heavy atom. The zero-order chi connectivity index (χ0) is 9.68. The van der Waals surface area contributed by atoms with Gasteiger partial charge in [-0.15, -0.1) is 11.8 Å². The zero-order valence-corrected chi connectivity index (χ0v) is 9.19. The molecule has 3 nitrogen and oxygen atoms in total. The Kier molecular flexibility index (Phi) is 4.27. The molecule has 0 aliphatic rings. The molecule has 0 fully saturated rings. The fraction of sp³-hybridized carbons (Fsp3) is 0.125. The summed E-state index contributed by atoms with van der Waals surface area (Å²) >= 11 is 4.78. The van der Waals surface area contributed by atoms with Crippen LogP contribution in [0.1, 0.15) is 0 Å². The Hall–Kier alpha value is -0.520. The zero-order valence-electron chi connectivity index (χ0n) is 6.79. The van der Waals surface area contributed by atoms with E-state index in [0.29, 0.717) is 5.75 Å². The van der Waals surface area contributed by atoms with Crippen LogP contribution < -0.4 is 11.3 Å². The maximum atomic E-state index is 10.8. The molecule has 0 saturated carbocycles. The van der Waals surface area contributed by atoms with Crippen LogP contribution in [0.15, 0.2) is 33.6 Å². The minimum atomic E-state index is -0.173. The standard InChI is InChI=1S/C8H9BrN2OS/c9-6-1-3-7(4-2-6)13-5-8(12)11-10/h1-4H,5,10H2,(H,11,12). The molecule has 0 heterocycles. The van der Waals surface area contributed by atoms with Gasteiger partial charge in [0.15, 0.2) is 0 Å². The van der Waals surface area contributed by atoms with E-state index in [1.165, 1.54) is 11.8 Å². The third kappa shape index (κ3) is 3.80. The number of rotatable bonds is 3. The highest BCUT2D eigenvalue weighted by Gasteiger charge is 1.99. The topological polar surface area (TPSA) is 55.1 Å². The second-order valence-electron chi connectivity index (χ2n) is 2.31. The number of hydrogen-bond donors (Lipinski definition) is 2. The fourth-order valence-corrected chi connectivity index (χ4v) is 1.70. The predicted octanol–water partition coefficient (Wildman–Crippen LogP) is 1.53. The number of carbonyl (C=O) groups excluding carboxylic acids is 1. The van der Waals surface area contributed by atoms with E-state index in [4.69, 9.17) is 5.84 Å². The molecule has 13 heavy (non-hydrogen) atoms. The van der Waals surface area contributed by atoms with Gasteiger partial charge in [0.2, 0.25) is 5.91 Å². The molecule has 0 atom stereocenters. The van der Waals surface area contributed by atoms with Crippen molar-refractivity contribution in [2.24, 2.45) is 5.84 Å². The molecule has 0 aliphatic heterocycles. The van der Waals surface area contributed by atoms with E-state index in [9.17, 15) is 4.79 Å². The minimum Gasteiger partial charge on any atom is -0.294 e. The van der Waals surface area contributed by atoms with Crippen LogP contribution in [0.5, 0.6) is 0 Å². The summed E-state index contributed by atoms with van der Waals surface area (Å²) < 4.78 is 1.03. The number of nitrogens with two attached hydrogens (primary N) is 1. The summed E-state index contributed by atoms with van der Waals surface area (Å²) in [5.74, 6) is 5.11. The van der Waals surface area contributed by atoms with Gasteiger partial charge in [0.05, 0.1) is 5.75 Å². The quantitative estimate of drug-likeness (QED) is 0.375. The lowest BCUT2D eigenvalue weighted by Gasteiger charge is -2.00. The molecule has 3 N–H and O–H groups in total. The lowest BCUT2D eigenvalue weighted by Crippen LogP contribution is -2.31. The molecular weight excluding hydrogens is 252 g/mol. The minimum absolute atomic E-state index is 0.173. The van der Waals surface area contributed by atoms with Gasteiger partial charge in [-0.25, -0.2) is 5.84 Å². The summed E-state index contributed by atoms with van der Waals surface area (Å²) in [5.41, 5.74) is 2.08. The van der Waals surface area contributed by atoms with Crippen molar-refractivity contribution in [3.63, 3.8) is 0 Å². The first-order valence-corrected chi connectivity index (χ1v) is 5.38. The Bertz CT molecular complexity index is 289. The highest BCUT2D eigenvalue weighted by Crippen LogP contribution is 2.19. The molecule has 0 aromatic heterocycles. The van der Waals surface area contributed by atoms with Crippen LogP contribution in [0, 0.1) is 0 Å². The third-order valence-corrected chi connectivity index (χ3v) is 2.89. The first-order valence-electron chi connectivity index (χ1n) is 3.60. The van der Waals surface area contributed by atoms with Crippen molar-refractivity contribution in [2.45, 2.75) is 4.90 Å². The van der Waals surface area contributed by atoms with E-state index in [1.54, 1.807) is 0 Å². The second-order valence-corrected chi connectivity index (χ2v) is 4.27. The summed E-state index contributed by atoms with van der Waals surface area (Å²) in [6.45, 7) is 0. The molecule has 1 aromatic carbocycles. The van der Waals surface area contributed by atoms with Gasteiger partial charge in [-0.1, -0.05) is 15.9 Å². The monoisotopic (exact) mass is 260 g/mol. The van der Waals surface area contributed by atoms with E-state index >= 15 is 0 Å². The number of carbonyl (C=O) groups is 1. The Balaban J connectivity index is 2.46. The molecule has 1 amide bonds. The largest absolute Gasteiger partial charge is 0.294 e. The highest BCUT2D eigenvalue weighted by atomic mass is 79.9. The SMILES string of the molecule is NNC(=O)CSc1ccc(Br)cc1. The second kappa shape index (κ2) is 5.26. The van der Waals surface area contributed by atoms with Crippen LogP contribution in [-0.2, 0) is 4.79 Å². The average Bonchev–Trinajstić information content (AvgIpc) is 2.16. The Labute approximate surface area is 89.2 Å². The Morgan fingerprint density at radius 3 is 2.62 bits per heavy atom. The molecule has 5 heteroatoms. The maximum Gasteiger partial charge on any atom is 0.244 e. The number of amides is 1. The van der Waals surface area contributed by atoms with Crippen LogP contribution in [-0.4, -0.2) is 11.7 Å². The molecule has 1 rings (SSSR count). The predicted molar refractivity (Wildman–Crippen MR) is 57.2 cm³/mol. The Morgan fingerprint density at radius 2 is 2.08 bits per heavy atom. The number of halogens is 1. The first kappa shape index (κ1) is 10.6. The molecule has 0 unspecified atom stereocenters. The molecule has 1 aromatic rings. The number of hydrogen-bond acceptors (Lipinski definition) is 3. The molecule has 70 valence electrons. The average molecular weight is 261 g/mol. The number of benzene rings is 1. The van der Waals surface area contributed by atoms with Crippen molar-refractivity contribution in [1.82, 2.24) is 5.43 Å². The molecule has 0 radical (unpaired) electrons. The van der Waals surface area contributed by atoms with Gasteiger partial charge < -0.3 is 0 Å². The molecule has 0 bridgehead atoms. The van der Waals surface area contributed by atoms with E-state index in [2.05, 4.69) is 21.4 Å². The number of nitrogens with one attached hydrogen (secondary N) is 1. The van der Waals surface area contributed by atoms with Gasteiger partial charge in [-0.05, 0) is 24.3 Å². The number of thioether (sulfide) groups is 1. The lowest BCUT2D eigenvalue weighted by atomic mass is 10.4. The summed E-state index contributed by atoms with van der Waals surface area (Å²) in [6, 6.07) is 7.75. The van der Waals surface area contributed by atoms with Gasteiger partial charge >= 0.3 is 0 Å². The van der Waals surface area contributed by atoms with E-state index in [0.717, 1.165) is 9.37 Å². The van der Waals surface area contributed by atoms with Crippen molar-refractivity contribution >= 4 is 33.6 Å². The summed E-state index contributed by atoms with van der Waals surface area (Å²) in [4.78, 5) is 11.8. The van der Waals surface area contributed by atoms with Crippen LogP contribution >= 0.6 is 27.7 Å². The van der Waals surface area contributed by atoms with Gasteiger partial charge in [-0.3, -0.25) is 10.2 Å². The molecule has 0 saturated heterocycles. The van der Waals surface area contributed by atoms with Crippen molar-refractivity contribution in [3.05, 3.63) is 28.7 Å². The number of hydrazine groups is 1. The van der Waals surface area contributed by atoms with Crippen LogP contribution in [0.3, 0.4) is 0 Å². The maximum absolute atomic E-state index is 10.8. The summed E-state index contributed by atoms with van der Waals surface area (Å²) in [6.07, 6.45) is 0. The van der Waals surface area contributed by atoms with E-state index in [1.807, 2.05) is 24.3 Å². The van der Waals surface area contributed by atoms with E-state index < -0.39 is 0 Å². The van der Waals surface area contributed by atoms with Crippen LogP contribution in [0.2, 0.25) is 0 Å². The smallest absolute Gasteiger partial charge is 0.244 e. The van der Waals surface area contributed by atoms with Crippen molar-refractivity contribution < 1.29 is 4.79 Å². The van der Waals surface area contributed by atoms with Crippen molar-refractivity contribution in [3.8, 4) is 0 Å². The van der Waals surface area contributed by atoms with Crippen LogP contribution in [0.4, 0.5) is 0 Å². The van der Waals surface area contributed by atoms with E-state index in [-0.39, 0.29) is 5.91 Å². The molecular formula is C8H9BrN2OS. The third-order valence-electron chi connectivity index (χ3n) is 1.34. The fourth-order valence-electron chi connectivity index (χ4n) is 0.721.